The summed E-state index contributed by atoms with van der Waals surface area (Å²) < 4.78 is 10.7. The van der Waals surface area contributed by atoms with Crippen molar-refractivity contribution in [2.24, 2.45) is 0 Å². The third-order valence-corrected chi connectivity index (χ3v) is 10.9. The van der Waals surface area contributed by atoms with Gasteiger partial charge in [0.2, 0.25) is 0 Å². The Hall–Kier alpha value is -3.18. The highest BCUT2D eigenvalue weighted by molar-refractivity contribution is 5.70. The predicted octanol–water partition coefficient (Wildman–Crippen LogP) is 17.2. The van der Waals surface area contributed by atoms with Crippen molar-refractivity contribution >= 4 is 11.9 Å². The van der Waals surface area contributed by atoms with Gasteiger partial charge in [0.25, 0.3) is 0 Å². The second kappa shape index (κ2) is 52.2. The molecule has 354 valence electrons. The minimum absolute atomic E-state index is 0.0815. The van der Waals surface area contributed by atoms with E-state index in [1.54, 1.807) is 0 Å². The molecule has 1 N–H and O–H groups in total. The minimum Gasteiger partial charge on any atom is -0.462 e. The van der Waals surface area contributed by atoms with Crippen LogP contribution in [0.4, 0.5) is 0 Å². The normalized spacial score (nSPS) is 13.0. The van der Waals surface area contributed by atoms with Gasteiger partial charge < -0.3 is 14.6 Å². The number of hydrogen-bond acceptors (Lipinski definition) is 5. The van der Waals surface area contributed by atoms with E-state index in [1.807, 2.05) is 0 Å². The van der Waals surface area contributed by atoms with Crippen molar-refractivity contribution in [3.05, 3.63) is 97.2 Å². The fourth-order valence-electron chi connectivity index (χ4n) is 7.00. The van der Waals surface area contributed by atoms with Crippen molar-refractivity contribution in [1.29, 1.82) is 0 Å². The predicted molar refractivity (Wildman–Crippen MR) is 269 cm³/mol. The lowest BCUT2D eigenvalue weighted by atomic mass is 10.0. The number of carbonyl (C=O) groups excluding carboxylic acids is 2. The van der Waals surface area contributed by atoms with Gasteiger partial charge in [0.1, 0.15) is 6.61 Å². The molecule has 62 heavy (non-hydrogen) atoms. The smallest absolute Gasteiger partial charge is 0.306 e. The molecular weight excluding hydrogens is 765 g/mol. The van der Waals surface area contributed by atoms with E-state index in [4.69, 9.17) is 9.47 Å². The molecule has 0 saturated carbocycles. The summed E-state index contributed by atoms with van der Waals surface area (Å²) >= 11 is 0. The molecule has 0 fully saturated rings. The zero-order valence-electron chi connectivity index (χ0n) is 40.4. The fraction of sp³-hybridized carbons (Fsp3) is 0.684. The number of carbonyl (C=O) groups is 2. The Morgan fingerprint density at radius 3 is 1.05 bits per heavy atom. The molecule has 0 rings (SSSR count). The molecular formula is C57H96O5. The van der Waals surface area contributed by atoms with Crippen LogP contribution >= 0.6 is 0 Å². The van der Waals surface area contributed by atoms with Crippen molar-refractivity contribution in [3.8, 4) is 0 Å². The van der Waals surface area contributed by atoms with Crippen molar-refractivity contribution < 1.29 is 24.2 Å². The largest absolute Gasteiger partial charge is 0.462 e. The summed E-state index contributed by atoms with van der Waals surface area (Å²) in [6.45, 7) is 4.00. The van der Waals surface area contributed by atoms with E-state index in [9.17, 15) is 14.7 Å². The summed E-state index contributed by atoms with van der Waals surface area (Å²) in [4.78, 5) is 24.5. The van der Waals surface area contributed by atoms with Gasteiger partial charge in [-0.25, -0.2) is 0 Å². The minimum atomic E-state index is -0.793. The van der Waals surface area contributed by atoms with Crippen LogP contribution in [0.2, 0.25) is 0 Å². The molecule has 0 aromatic rings. The van der Waals surface area contributed by atoms with Gasteiger partial charge >= 0.3 is 11.9 Å². The summed E-state index contributed by atoms with van der Waals surface area (Å²) in [7, 11) is 0. The number of hydrogen-bond donors (Lipinski definition) is 1. The topological polar surface area (TPSA) is 72.8 Å². The van der Waals surface area contributed by atoms with Gasteiger partial charge in [-0.2, -0.15) is 0 Å². The highest BCUT2D eigenvalue weighted by Crippen LogP contribution is 2.15. The molecule has 0 radical (unpaired) electrons. The summed E-state index contributed by atoms with van der Waals surface area (Å²) in [5, 5.41) is 9.63. The Morgan fingerprint density at radius 1 is 0.387 bits per heavy atom. The Balaban J connectivity index is 3.58. The standard InChI is InChI=1S/C57H96O5/c1-3-5-7-9-11-13-15-17-19-21-23-25-27-28-30-31-33-35-37-39-41-43-45-47-49-51-56(59)61-54-55(53-58)62-57(60)52-50-48-46-44-42-40-38-36-34-32-29-26-24-22-20-18-16-14-12-10-8-6-4-2/h6,8,12,14-15,17-18,20-21,23-24,26,32,34,38,40,55,58H,3-5,7,9-11,13,16,19,22,25,27-31,33,35-37,39,41-54H2,1-2H3/b8-6-,14-12-,17-15-,20-18-,23-21-,26-24-,34-32-,40-38-. The second-order valence-corrected chi connectivity index (χ2v) is 16.9. The average Bonchev–Trinajstić information content (AvgIpc) is 3.28. The number of esters is 2. The highest BCUT2D eigenvalue weighted by Gasteiger charge is 2.16. The van der Waals surface area contributed by atoms with E-state index in [2.05, 4.69) is 111 Å². The van der Waals surface area contributed by atoms with Crippen molar-refractivity contribution in [3.63, 3.8) is 0 Å². The third-order valence-electron chi connectivity index (χ3n) is 10.9. The van der Waals surface area contributed by atoms with Gasteiger partial charge in [-0.3, -0.25) is 9.59 Å². The molecule has 1 atom stereocenters. The lowest BCUT2D eigenvalue weighted by Gasteiger charge is -2.15. The molecule has 5 nitrogen and oxygen atoms in total. The van der Waals surface area contributed by atoms with Gasteiger partial charge in [0, 0.05) is 12.8 Å². The SMILES string of the molecule is CC/C=C\C/C=C\C/C=C\C/C=C\C/C=C\C/C=C\CCCCCCC(=O)OC(CO)COC(=O)CCCCCCCCCCCCCCC/C=C\C/C=C\CCCCCCC. The molecule has 0 aromatic heterocycles. The Kier molecular flexibility index (Phi) is 49.5. The van der Waals surface area contributed by atoms with E-state index >= 15 is 0 Å². The maximum Gasteiger partial charge on any atom is 0.306 e. The van der Waals surface area contributed by atoms with E-state index in [0.717, 1.165) is 96.3 Å². The Bertz CT molecular complexity index is 1200. The molecule has 0 amide bonds. The van der Waals surface area contributed by atoms with Crippen LogP contribution < -0.4 is 0 Å². The molecule has 0 saturated heterocycles. The maximum atomic E-state index is 12.3. The molecule has 0 aliphatic heterocycles. The quantitative estimate of drug-likeness (QED) is 0.0375. The molecule has 1 unspecified atom stereocenters. The first kappa shape index (κ1) is 58.8. The molecule has 0 heterocycles. The monoisotopic (exact) mass is 861 g/mol. The van der Waals surface area contributed by atoms with Gasteiger partial charge in [-0.1, -0.05) is 220 Å². The molecule has 0 bridgehead atoms. The van der Waals surface area contributed by atoms with E-state index < -0.39 is 6.10 Å². The van der Waals surface area contributed by atoms with E-state index in [0.29, 0.717) is 12.8 Å². The van der Waals surface area contributed by atoms with Crippen LogP contribution in [0.25, 0.3) is 0 Å². The van der Waals surface area contributed by atoms with Crippen LogP contribution in [0.1, 0.15) is 232 Å². The first-order chi connectivity index (χ1) is 30.6. The zero-order chi connectivity index (χ0) is 44.9. The number of aliphatic hydroxyl groups excluding tert-OH is 1. The highest BCUT2D eigenvalue weighted by atomic mass is 16.6. The second-order valence-electron chi connectivity index (χ2n) is 16.9. The number of rotatable bonds is 46. The fourth-order valence-corrected chi connectivity index (χ4v) is 7.00. The summed E-state index contributed by atoms with van der Waals surface area (Å²) in [6, 6.07) is 0. The lowest BCUT2D eigenvalue weighted by molar-refractivity contribution is -0.161. The number of ether oxygens (including phenoxy) is 2. The van der Waals surface area contributed by atoms with Crippen LogP contribution in [0.5, 0.6) is 0 Å². The van der Waals surface area contributed by atoms with Crippen molar-refractivity contribution in [2.75, 3.05) is 13.2 Å². The Morgan fingerprint density at radius 2 is 0.694 bits per heavy atom. The molecule has 5 heteroatoms. The number of unbranched alkanes of at least 4 members (excludes halogenated alkanes) is 22. The van der Waals surface area contributed by atoms with Gasteiger partial charge in [-0.05, 0) is 96.3 Å². The molecule has 0 aliphatic rings. The van der Waals surface area contributed by atoms with Crippen molar-refractivity contribution in [2.45, 2.75) is 238 Å². The maximum absolute atomic E-state index is 12.3. The lowest BCUT2D eigenvalue weighted by Crippen LogP contribution is -2.28. The van der Waals surface area contributed by atoms with Gasteiger partial charge in [0.15, 0.2) is 6.10 Å². The third kappa shape index (κ3) is 49.5. The molecule has 0 aliphatic carbocycles. The van der Waals surface area contributed by atoms with Crippen LogP contribution in [0.15, 0.2) is 97.2 Å². The van der Waals surface area contributed by atoms with Crippen LogP contribution in [-0.2, 0) is 19.1 Å². The summed E-state index contributed by atoms with van der Waals surface area (Å²) in [5.41, 5.74) is 0. The molecule has 0 spiro atoms. The zero-order valence-corrected chi connectivity index (χ0v) is 40.4. The van der Waals surface area contributed by atoms with E-state index in [1.165, 1.54) is 109 Å². The average molecular weight is 861 g/mol. The first-order valence-corrected chi connectivity index (χ1v) is 25.8. The van der Waals surface area contributed by atoms with E-state index in [-0.39, 0.29) is 25.2 Å². The first-order valence-electron chi connectivity index (χ1n) is 25.8. The molecule has 0 aromatic carbocycles. The van der Waals surface area contributed by atoms with Gasteiger partial charge in [-0.15, -0.1) is 0 Å². The van der Waals surface area contributed by atoms with Crippen LogP contribution in [0.3, 0.4) is 0 Å². The van der Waals surface area contributed by atoms with Crippen molar-refractivity contribution in [1.82, 2.24) is 0 Å². The Labute approximate surface area is 383 Å². The summed E-state index contributed by atoms with van der Waals surface area (Å²) in [5.74, 6) is -0.622. The number of allylic oxidation sites excluding steroid dienone is 16. The number of aliphatic hydroxyl groups is 1. The van der Waals surface area contributed by atoms with Crippen LogP contribution in [0, 0.1) is 0 Å². The van der Waals surface area contributed by atoms with Gasteiger partial charge in [0.05, 0.1) is 6.61 Å². The summed E-state index contributed by atoms with van der Waals surface area (Å²) in [6.07, 6.45) is 73.5. The van der Waals surface area contributed by atoms with Crippen LogP contribution in [-0.4, -0.2) is 36.4 Å².